The molecule has 0 spiro atoms. The fraction of sp³-hybridized carbons (Fsp3) is 0.429. The van der Waals surface area contributed by atoms with E-state index in [-0.39, 0.29) is 11.4 Å². The number of fused-ring (bicyclic) bond motifs is 1. The van der Waals surface area contributed by atoms with Gasteiger partial charge < -0.3 is 10.1 Å². The Bertz CT molecular complexity index is 1110. The Hall–Kier alpha value is -3.64. The number of halogens is 1. The summed E-state index contributed by atoms with van der Waals surface area (Å²) in [5.74, 6) is -4.00. The van der Waals surface area contributed by atoms with Crippen LogP contribution >= 0.6 is 11.8 Å². The van der Waals surface area contributed by atoms with E-state index in [4.69, 9.17) is 10.00 Å². The third-order valence-corrected chi connectivity index (χ3v) is 5.28. The van der Waals surface area contributed by atoms with Crippen LogP contribution < -0.4 is 16.2 Å². The van der Waals surface area contributed by atoms with E-state index in [1.165, 1.54) is 13.8 Å². The summed E-state index contributed by atoms with van der Waals surface area (Å²) in [4.78, 5) is 52.4. The van der Waals surface area contributed by atoms with Crippen LogP contribution in [0.3, 0.4) is 0 Å². The molecular weight excluding hydrogens is 453 g/mol. The second-order valence-electron chi connectivity index (χ2n) is 8.55. The van der Waals surface area contributed by atoms with Crippen molar-refractivity contribution >= 4 is 41.3 Å². The number of rotatable bonds is 2. The maximum absolute atomic E-state index is 14.5. The first kappa shape index (κ1) is 25.6. The molecule has 0 saturated carbocycles. The average Bonchev–Trinajstić information content (AvgIpc) is 2.86. The van der Waals surface area contributed by atoms with E-state index in [2.05, 4.69) is 21.7 Å². The van der Waals surface area contributed by atoms with Gasteiger partial charge in [0.15, 0.2) is 5.92 Å². The lowest BCUT2D eigenvalue weighted by atomic mass is 9.95. The Labute approximate surface area is 194 Å². The summed E-state index contributed by atoms with van der Waals surface area (Å²) < 4.78 is 19.6. The maximum Gasteiger partial charge on any atom is 0.728 e. The minimum Gasteiger partial charge on any atom is -0.392 e. The fourth-order valence-corrected chi connectivity index (χ4v) is 3.34. The molecule has 33 heavy (non-hydrogen) atoms. The van der Waals surface area contributed by atoms with Gasteiger partial charge in [0, 0.05) is 10.6 Å². The van der Waals surface area contributed by atoms with Gasteiger partial charge in [0.25, 0.3) is 11.8 Å². The first-order valence-corrected chi connectivity index (χ1v) is 10.7. The number of hydrogen-bond donors (Lipinski definition) is 3. The van der Waals surface area contributed by atoms with Crippen LogP contribution in [0.5, 0.6) is 0 Å². The number of benzene rings is 1. The smallest absolute Gasteiger partial charge is 0.392 e. The summed E-state index contributed by atoms with van der Waals surface area (Å²) in [6.45, 7) is 7.71. The second kappa shape index (κ2) is 9.88. The van der Waals surface area contributed by atoms with Crippen LogP contribution in [0.25, 0.3) is 4.85 Å². The lowest BCUT2D eigenvalue weighted by Gasteiger charge is -2.16. The molecule has 4 amide bonds. The minimum atomic E-state index is -1.41. The van der Waals surface area contributed by atoms with Crippen molar-refractivity contribution in [2.45, 2.75) is 45.1 Å². The Kier molecular flexibility index (Phi) is 7.67. The van der Waals surface area contributed by atoms with Gasteiger partial charge >= 0.3 is 12.2 Å². The minimum absolute atomic E-state index is 0.120. The summed E-state index contributed by atoms with van der Waals surface area (Å²) in [6.07, 6.45) is -0.895. The number of carbonyl (C=O) groups is 4. The van der Waals surface area contributed by atoms with E-state index >= 15 is 0 Å². The van der Waals surface area contributed by atoms with Gasteiger partial charge in [-0.3, -0.25) is 25.2 Å². The molecule has 1 aromatic rings. The molecule has 2 rings (SSSR count). The molecule has 0 aliphatic carbocycles. The van der Waals surface area contributed by atoms with E-state index in [1.54, 1.807) is 26.8 Å². The summed E-state index contributed by atoms with van der Waals surface area (Å²) in [5, 5.41) is 11.5. The van der Waals surface area contributed by atoms with Gasteiger partial charge in [-0.05, 0) is 46.8 Å². The Morgan fingerprint density at radius 2 is 1.91 bits per heavy atom. The first-order valence-electron chi connectivity index (χ1n) is 9.72. The number of nitrogens with zero attached hydrogens (tertiary/aromatic N) is 2. The number of hydrogen-bond acceptors (Lipinski definition) is 7. The number of nitriles is 1. The van der Waals surface area contributed by atoms with Crippen LogP contribution in [0.4, 0.5) is 14.9 Å². The molecule has 3 N–H and O–H groups in total. The Morgan fingerprint density at radius 1 is 1.24 bits per heavy atom. The zero-order valence-electron chi connectivity index (χ0n) is 18.7. The second-order valence-corrected chi connectivity index (χ2v) is 9.61. The number of ether oxygens (including phenoxy) is 1. The third kappa shape index (κ3) is 6.92. The number of carbonyl (C=O) groups excluding carboxylic acids is 4. The molecule has 10 nitrogen and oxygen atoms in total. The van der Waals surface area contributed by atoms with Crippen LogP contribution in [-0.2, 0) is 14.3 Å². The monoisotopic (exact) mass is 476 g/mol. The third-order valence-electron chi connectivity index (χ3n) is 4.14. The average molecular weight is 477 g/mol. The molecule has 0 bridgehead atoms. The highest BCUT2D eigenvalue weighted by molar-refractivity contribution is 7.99. The molecule has 0 radical (unpaired) electrons. The van der Waals surface area contributed by atoms with Crippen LogP contribution in [-0.4, -0.2) is 35.2 Å². The molecule has 0 fully saturated rings. The molecule has 0 aromatic heterocycles. The standard InChI is InChI=1S/C21H22FN5O5S/c1-20(2,3)32-19(31)24-8-11-9-33-15-7-13(22)12(6-14(15)25-16(11)28)17(29)26-27-18(30)21(4,5)10-23/h6-7,11H,9H2,1-5H3,(H2-,25,26,27,28,29,30)/p+1. The van der Waals surface area contributed by atoms with Crippen LogP contribution in [0.1, 0.15) is 45.0 Å². The molecule has 1 aromatic carbocycles. The van der Waals surface area contributed by atoms with Gasteiger partial charge in [-0.1, -0.05) is 0 Å². The van der Waals surface area contributed by atoms with Gasteiger partial charge in [-0.15, -0.1) is 11.8 Å². The van der Waals surface area contributed by atoms with Crippen molar-refractivity contribution in [2.24, 2.45) is 11.3 Å². The van der Waals surface area contributed by atoms with E-state index in [1.807, 2.05) is 5.43 Å². The van der Waals surface area contributed by atoms with Crippen LogP contribution in [0.15, 0.2) is 17.0 Å². The zero-order chi connectivity index (χ0) is 25.0. The highest BCUT2D eigenvalue weighted by atomic mass is 32.2. The van der Waals surface area contributed by atoms with Gasteiger partial charge in [0.05, 0.1) is 22.2 Å². The van der Waals surface area contributed by atoms with E-state index in [9.17, 15) is 23.6 Å². The van der Waals surface area contributed by atoms with Crippen molar-refractivity contribution in [2.75, 3.05) is 11.1 Å². The van der Waals surface area contributed by atoms with Crippen LogP contribution in [0, 0.1) is 34.6 Å². The van der Waals surface area contributed by atoms with Gasteiger partial charge in [0.2, 0.25) is 5.91 Å². The number of hydrazine groups is 1. The predicted octanol–water partition coefficient (Wildman–Crippen LogP) is 3.06. The number of anilines is 1. The fourth-order valence-electron chi connectivity index (χ4n) is 2.31. The van der Waals surface area contributed by atoms with Crippen molar-refractivity contribution in [3.05, 3.63) is 28.4 Å². The molecular formula is C21H23FN5O5S+. The van der Waals surface area contributed by atoms with Crippen molar-refractivity contribution in [3.63, 3.8) is 0 Å². The molecule has 0 saturated heterocycles. The summed E-state index contributed by atoms with van der Waals surface area (Å²) in [6, 6.07) is 6.41. The topological polar surface area (TPSA) is 142 Å². The largest absolute Gasteiger partial charge is 0.728 e. The van der Waals surface area contributed by atoms with Gasteiger partial charge in [-0.2, -0.15) is 10.1 Å². The normalized spacial score (nSPS) is 15.4. The summed E-state index contributed by atoms with van der Waals surface area (Å²) >= 11 is 1.11. The molecule has 174 valence electrons. The highest BCUT2D eigenvalue weighted by Crippen LogP contribution is 2.34. The summed E-state index contributed by atoms with van der Waals surface area (Å²) in [7, 11) is 0. The number of amides is 4. The molecule has 1 aliphatic heterocycles. The summed E-state index contributed by atoms with van der Waals surface area (Å²) in [5.41, 5.74) is 1.68. The molecule has 1 atom stereocenters. The van der Waals surface area contributed by atoms with Gasteiger partial charge in [-0.25, -0.2) is 4.39 Å². The molecule has 1 aliphatic rings. The number of thioether (sulfide) groups is 1. The van der Waals surface area contributed by atoms with Gasteiger partial charge in [0.1, 0.15) is 16.8 Å². The van der Waals surface area contributed by atoms with Crippen molar-refractivity contribution in [1.82, 2.24) is 10.9 Å². The first-order chi connectivity index (χ1) is 15.2. The van der Waals surface area contributed by atoms with Crippen molar-refractivity contribution in [1.29, 1.82) is 5.26 Å². The molecule has 1 heterocycles. The molecule has 12 heteroatoms. The van der Waals surface area contributed by atoms with Crippen molar-refractivity contribution < 1.29 is 28.3 Å². The van der Waals surface area contributed by atoms with E-state index in [0.29, 0.717) is 4.90 Å². The van der Waals surface area contributed by atoms with Crippen molar-refractivity contribution in [3.8, 4) is 12.1 Å². The zero-order valence-corrected chi connectivity index (χ0v) is 19.5. The van der Waals surface area contributed by atoms with E-state index in [0.717, 1.165) is 23.9 Å². The predicted molar refractivity (Wildman–Crippen MR) is 118 cm³/mol. The SMILES string of the molecule is CC(C)(C)OC(=O)[N+]#CC1CSc2cc(F)c(C(=O)NNC(=O)C(C)(C)C#N)cc2NC1=O. The Balaban J connectivity index is 2.16. The van der Waals surface area contributed by atoms with E-state index < -0.39 is 52.1 Å². The maximum atomic E-state index is 14.5. The lowest BCUT2D eigenvalue weighted by molar-refractivity contribution is -0.127. The number of nitrogens with one attached hydrogen (secondary N) is 3. The molecule has 1 unspecified atom stereocenters. The quantitative estimate of drug-likeness (QED) is 0.557. The lowest BCUT2D eigenvalue weighted by Crippen LogP contribution is -2.47. The Morgan fingerprint density at radius 3 is 2.52 bits per heavy atom. The van der Waals surface area contributed by atoms with Crippen LogP contribution in [0.2, 0.25) is 0 Å². The highest BCUT2D eigenvalue weighted by Gasteiger charge is 2.31.